The standard InChI is InChI=1S/C16H12N2O/c17-10-11-6-8-12(9-7-11)14-15(18-14)16(19)13-4-2-1-3-5-13/h1-9,14-15,18H. The summed E-state index contributed by atoms with van der Waals surface area (Å²) in [6.45, 7) is 0. The van der Waals surface area contributed by atoms with Gasteiger partial charge in [-0.1, -0.05) is 42.5 Å². The summed E-state index contributed by atoms with van der Waals surface area (Å²) >= 11 is 0. The number of nitriles is 1. The molecule has 3 rings (SSSR count). The fourth-order valence-corrected chi connectivity index (χ4v) is 2.20. The predicted octanol–water partition coefficient (Wildman–Crippen LogP) is 2.45. The molecule has 0 amide bonds. The second-order valence-corrected chi connectivity index (χ2v) is 4.59. The van der Waals surface area contributed by atoms with Gasteiger partial charge in [0.1, 0.15) is 0 Å². The minimum atomic E-state index is -0.143. The normalized spacial score (nSPS) is 20.6. The molecule has 1 heterocycles. The van der Waals surface area contributed by atoms with Crippen LogP contribution in [-0.4, -0.2) is 11.8 Å². The summed E-state index contributed by atoms with van der Waals surface area (Å²) in [6, 6.07) is 18.7. The van der Waals surface area contributed by atoms with Gasteiger partial charge in [-0.2, -0.15) is 5.26 Å². The van der Waals surface area contributed by atoms with E-state index in [1.807, 2.05) is 42.5 Å². The molecule has 3 nitrogen and oxygen atoms in total. The molecule has 2 atom stereocenters. The number of ketones is 1. The largest absolute Gasteiger partial charge is 0.297 e. The van der Waals surface area contributed by atoms with Gasteiger partial charge >= 0.3 is 0 Å². The highest BCUT2D eigenvalue weighted by molar-refractivity contribution is 6.02. The van der Waals surface area contributed by atoms with Crippen molar-refractivity contribution < 1.29 is 4.79 Å². The summed E-state index contributed by atoms with van der Waals surface area (Å²) in [5.74, 6) is 0.120. The third kappa shape index (κ3) is 2.26. The van der Waals surface area contributed by atoms with Crippen LogP contribution in [0.1, 0.15) is 27.5 Å². The number of nitrogens with zero attached hydrogens (tertiary/aromatic N) is 1. The van der Waals surface area contributed by atoms with Crippen molar-refractivity contribution in [2.24, 2.45) is 0 Å². The number of rotatable bonds is 3. The van der Waals surface area contributed by atoms with Crippen LogP contribution in [0.3, 0.4) is 0 Å². The van der Waals surface area contributed by atoms with Gasteiger partial charge in [-0.05, 0) is 17.7 Å². The Morgan fingerprint density at radius 1 is 1.05 bits per heavy atom. The second kappa shape index (κ2) is 4.68. The predicted molar refractivity (Wildman–Crippen MR) is 71.6 cm³/mol. The van der Waals surface area contributed by atoms with Gasteiger partial charge in [0.25, 0.3) is 0 Å². The van der Waals surface area contributed by atoms with Gasteiger partial charge in [0.05, 0.1) is 23.7 Å². The summed E-state index contributed by atoms with van der Waals surface area (Å²) in [6.07, 6.45) is 0. The lowest BCUT2D eigenvalue weighted by Gasteiger charge is -1.99. The van der Waals surface area contributed by atoms with Gasteiger partial charge in [0.2, 0.25) is 0 Å². The molecule has 1 aliphatic heterocycles. The van der Waals surface area contributed by atoms with E-state index in [2.05, 4.69) is 11.4 Å². The summed E-state index contributed by atoms with van der Waals surface area (Å²) in [4.78, 5) is 12.2. The Bertz CT molecular complexity index is 641. The number of hydrogen-bond donors (Lipinski definition) is 1. The summed E-state index contributed by atoms with van der Waals surface area (Å²) in [5.41, 5.74) is 2.42. The molecule has 0 radical (unpaired) electrons. The lowest BCUT2D eigenvalue weighted by atomic mass is 10.0. The summed E-state index contributed by atoms with van der Waals surface area (Å²) in [5, 5.41) is 11.9. The van der Waals surface area contributed by atoms with E-state index in [1.54, 1.807) is 12.1 Å². The Morgan fingerprint density at radius 2 is 1.74 bits per heavy atom. The SMILES string of the molecule is N#Cc1ccc(C2NC2C(=O)c2ccccc2)cc1. The topological polar surface area (TPSA) is 62.8 Å². The van der Waals surface area contributed by atoms with E-state index in [0.717, 1.165) is 11.1 Å². The van der Waals surface area contributed by atoms with Crippen LogP contribution in [0.25, 0.3) is 0 Å². The number of carbonyl (C=O) groups is 1. The summed E-state index contributed by atoms with van der Waals surface area (Å²) < 4.78 is 0. The maximum Gasteiger partial charge on any atom is 0.181 e. The molecule has 3 heteroatoms. The molecule has 0 spiro atoms. The van der Waals surface area contributed by atoms with E-state index in [9.17, 15) is 4.79 Å². The highest BCUT2D eigenvalue weighted by Crippen LogP contribution is 2.32. The van der Waals surface area contributed by atoms with Crippen molar-refractivity contribution in [1.82, 2.24) is 5.32 Å². The average Bonchev–Trinajstić information content (AvgIpc) is 3.28. The van der Waals surface area contributed by atoms with Gasteiger partial charge in [0.15, 0.2) is 5.78 Å². The minimum Gasteiger partial charge on any atom is -0.297 e. The van der Waals surface area contributed by atoms with Crippen LogP contribution >= 0.6 is 0 Å². The van der Waals surface area contributed by atoms with Crippen molar-refractivity contribution >= 4 is 5.78 Å². The van der Waals surface area contributed by atoms with Crippen LogP contribution in [0, 0.1) is 11.3 Å². The third-order valence-electron chi connectivity index (χ3n) is 3.32. The highest BCUT2D eigenvalue weighted by atomic mass is 16.1. The molecule has 1 fully saturated rings. The molecule has 0 bridgehead atoms. The molecule has 0 saturated carbocycles. The lowest BCUT2D eigenvalue weighted by molar-refractivity contribution is 0.0988. The van der Waals surface area contributed by atoms with Crippen molar-refractivity contribution in [3.8, 4) is 6.07 Å². The van der Waals surface area contributed by atoms with Crippen molar-refractivity contribution in [3.63, 3.8) is 0 Å². The van der Waals surface area contributed by atoms with E-state index >= 15 is 0 Å². The van der Waals surface area contributed by atoms with Gasteiger partial charge in [-0.15, -0.1) is 0 Å². The molecule has 2 unspecified atom stereocenters. The number of carbonyl (C=O) groups excluding carboxylic acids is 1. The smallest absolute Gasteiger partial charge is 0.181 e. The van der Waals surface area contributed by atoms with Gasteiger partial charge in [-0.25, -0.2) is 0 Å². The number of hydrogen-bond acceptors (Lipinski definition) is 3. The first-order chi connectivity index (χ1) is 9.29. The van der Waals surface area contributed by atoms with Gasteiger partial charge in [0, 0.05) is 5.56 Å². The second-order valence-electron chi connectivity index (χ2n) is 4.59. The van der Waals surface area contributed by atoms with Crippen LogP contribution in [-0.2, 0) is 0 Å². The number of nitrogens with one attached hydrogen (secondary N) is 1. The zero-order chi connectivity index (χ0) is 13.2. The number of Topliss-reactive ketones (excluding diaryl/α,β-unsaturated/α-hetero) is 1. The van der Waals surface area contributed by atoms with Crippen molar-refractivity contribution in [1.29, 1.82) is 5.26 Å². The fourth-order valence-electron chi connectivity index (χ4n) is 2.20. The quantitative estimate of drug-likeness (QED) is 0.670. The summed E-state index contributed by atoms with van der Waals surface area (Å²) in [7, 11) is 0. The number of benzene rings is 2. The Labute approximate surface area is 111 Å². The third-order valence-corrected chi connectivity index (χ3v) is 3.32. The molecule has 0 aliphatic carbocycles. The van der Waals surface area contributed by atoms with E-state index in [1.165, 1.54) is 0 Å². The molecular weight excluding hydrogens is 236 g/mol. The van der Waals surface area contributed by atoms with Crippen LogP contribution in [0.15, 0.2) is 54.6 Å². The monoisotopic (exact) mass is 248 g/mol. The van der Waals surface area contributed by atoms with Gasteiger partial charge < -0.3 is 0 Å². The molecule has 2 aromatic rings. The minimum absolute atomic E-state index is 0.0699. The van der Waals surface area contributed by atoms with E-state index in [0.29, 0.717) is 5.56 Å². The van der Waals surface area contributed by atoms with E-state index in [-0.39, 0.29) is 17.9 Å². The molecule has 1 saturated heterocycles. The molecular formula is C16H12N2O. The highest BCUT2D eigenvalue weighted by Gasteiger charge is 2.43. The maximum absolute atomic E-state index is 12.2. The van der Waals surface area contributed by atoms with Crippen LogP contribution in [0.2, 0.25) is 0 Å². The molecule has 92 valence electrons. The van der Waals surface area contributed by atoms with E-state index < -0.39 is 0 Å². The first-order valence-electron chi connectivity index (χ1n) is 6.15. The fraction of sp³-hybridized carbons (Fsp3) is 0.125. The molecule has 0 aromatic heterocycles. The first kappa shape index (κ1) is 11.6. The first-order valence-corrected chi connectivity index (χ1v) is 6.15. The molecule has 1 aliphatic rings. The zero-order valence-corrected chi connectivity index (χ0v) is 10.2. The zero-order valence-electron chi connectivity index (χ0n) is 10.2. The Morgan fingerprint density at radius 3 is 2.37 bits per heavy atom. The Kier molecular flexibility index (Phi) is 2.86. The Balaban J connectivity index is 1.74. The lowest BCUT2D eigenvalue weighted by Crippen LogP contribution is -2.09. The van der Waals surface area contributed by atoms with Crippen LogP contribution < -0.4 is 5.32 Å². The van der Waals surface area contributed by atoms with Crippen LogP contribution in [0.4, 0.5) is 0 Å². The van der Waals surface area contributed by atoms with Crippen molar-refractivity contribution in [3.05, 3.63) is 71.3 Å². The molecule has 19 heavy (non-hydrogen) atoms. The van der Waals surface area contributed by atoms with Crippen molar-refractivity contribution in [2.75, 3.05) is 0 Å². The molecule has 1 N–H and O–H groups in total. The van der Waals surface area contributed by atoms with Crippen molar-refractivity contribution in [2.45, 2.75) is 12.1 Å². The maximum atomic E-state index is 12.2. The van der Waals surface area contributed by atoms with Gasteiger partial charge in [-0.3, -0.25) is 10.1 Å². The Hall–Kier alpha value is -2.44. The van der Waals surface area contributed by atoms with Crippen LogP contribution in [0.5, 0.6) is 0 Å². The average molecular weight is 248 g/mol. The molecule has 2 aromatic carbocycles. The van der Waals surface area contributed by atoms with E-state index in [4.69, 9.17) is 5.26 Å².